The number of unbranched alkanes of at least 4 members (excludes halogenated alkanes) is 1. The van der Waals surface area contributed by atoms with Crippen molar-refractivity contribution in [2.45, 2.75) is 43.0 Å². The van der Waals surface area contributed by atoms with Crippen LogP contribution in [-0.2, 0) is 4.79 Å². The Labute approximate surface area is 104 Å². The fourth-order valence-corrected chi connectivity index (χ4v) is 4.01. The van der Waals surface area contributed by atoms with Crippen LogP contribution in [-0.4, -0.2) is 45.2 Å². The molecule has 2 rings (SSSR count). The average molecular weight is 259 g/mol. The van der Waals surface area contributed by atoms with E-state index in [2.05, 4.69) is 5.32 Å². The summed E-state index contributed by atoms with van der Waals surface area (Å²) in [4.78, 5) is 21.7. The van der Waals surface area contributed by atoms with Crippen molar-refractivity contribution < 1.29 is 14.7 Å². The van der Waals surface area contributed by atoms with Crippen molar-refractivity contribution >= 4 is 23.8 Å². The topological polar surface area (TPSA) is 95.7 Å². The second kappa shape index (κ2) is 5.14. The largest absolute Gasteiger partial charge is 0.481 e. The zero-order chi connectivity index (χ0) is 12.4. The Morgan fingerprint density at radius 3 is 3.06 bits per heavy atom. The van der Waals surface area contributed by atoms with E-state index in [0.717, 1.165) is 18.6 Å². The standard InChI is InChI=1S/C10H17N3O3S/c11-13-9-6(12-10(13)16)5-17-7(9)3-1-2-4-8(14)15/h6-7,9H,1-5,11H2,(H,12,16)(H,14,15)/t6-,7-,9-/m1/s1. The molecule has 2 amide bonds. The average Bonchev–Trinajstić information content (AvgIpc) is 2.77. The summed E-state index contributed by atoms with van der Waals surface area (Å²) in [5, 5.41) is 13.0. The molecule has 3 atom stereocenters. The molecule has 2 aliphatic rings. The number of fused-ring (bicyclic) bond motifs is 1. The van der Waals surface area contributed by atoms with E-state index in [0.29, 0.717) is 11.7 Å². The van der Waals surface area contributed by atoms with E-state index in [9.17, 15) is 9.59 Å². The first kappa shape index (κ1) is 12.5. The predicted molar refractivity (Wildman–Crippen MR) is 64.5 cm³/mol. The number of carboxylic acid groups (broad SMARTS) is 1. The molecule has 2 fully saturated rings. The van der Waals surface area contributed by atoms with Crippen LogP contribution in [0, 0.1) is 0 Å². The Morgan fingerprint density at radius 2 is 2.35 bits per heavy atom. The van der Waals surface area contributed by atoms with Gasteiger partial charge in [0.1, 0.15) is 0 Å². The van der Waals surface area contributed by atoms with Crippen LogP contribution in [0.1, 0.15) is 25.7 Å². The van der Waals surface area contributed by atoms with Gasteiger partial charge in [0.05, 0.1) is 12.1 Å². The second-order valence-corrected chi connectivity index (χ2v) is 5.74. The lowest BCUT2D eigenvalue weighted by molar-refractivity contribution is -0.137. The van der Waals surface area contributed by atoms with Crippen LogP contribution < -0.4 is 11.2 Å². The molecule has 0 aromatic heterocycles. The van der Waals surface area contributed by atoms with E-state index in [1.54, 1.807) is 0 Å². The van der Waals surface area contributed by atoms with Gasteiger partial charge in [0.2, 0.25) is 0 Å². The number of urea groups is 1. The van der Waals surface area contributed by atoms with Crippen LogP contribution in [0.25, 0.3) is 0 Å². The highest BCUT2D eigenvalue weighted by Crippen LogP contribution is 2.36. The molecular weight excluding hydrogens is 242 g/mol. The van der Waals surface area contributed by atoms with Crippen LogP contribution in [0.15, 0.2) is 0 Å². The van der Waals surface area contributed by atoms with E-state index in [-0.39, 0.29) is 24.5 Å². The Bertz CT molecular complexity index is 326. The van der Waals surface area contributed by atoms with Gasteiger partial charge in [-0.15, -0.1) is 0 Å². The molecule has 4 N–H and O–H groups in total. The molecule has 0 radical (unpaired) electrons. The lowest BCUT2D eigenvalue weighted by Gasteiger charge is -2.22. The monoisotopic (exact) mass is 259 g/mol. The molecule has 0 aromatic rings. The lowest BCUT2D eigenvalue weighted by atomic mass is 10.0. The van der Waals surface area contributed by atoms with Gasteiger partial charge in [-0.3, -0.25) is 9.80 Å². The molecule has 0 unspecified atom stereocenters. The van der Waals surface area contributed by atoms with Gasteiger partial charge < -0.3 is 10.4 Å². The zero-order valence-electron chi connectivity index (χ0n) is 9.46. The molecule has 0 aliphatic carbocycles. The summed E-state index contributed by atoms with van der Waals surface area (Å²) in [7, 11) is 0. The number of carbonyl (C=O) groups is 2. The third-order valence-electron chi connectivity index (χ3n) is 3.28. The molecule has 6 nitrogen and oxygen atoms in total. The van der Waals surface area contributed by atoms with Crippen molar-refractivity contribution in [1.82, 2.24) is 10.3 Å². The number of thioether (sulfide) groups is 1. The Kier molecular flexibility index (Phi) is 3.78. The SMILES string of the molecule is NN1C(=O)N[C@@H]2CS[C@H](CCCCC(=O)O)[C@@H]21. The van der Waals surface area contributed by atoms with E-state index in [1.165, 1.54) is 5.01 Å². The van der Waals surface area contributed by atoms with Crippen molar-refractivity contribution in [3.05, 3.63) is 0 Å². The van der Waals surface area contributed by atoms with Crippen molar-refractivity contribution in [3.8, 4) is 0 Å². The quantitative estimate of drug-likeness (QED) is 0.287. The normalized spacial score (nSPS) is 31.5. The number of nitrogens with zero attached hydrogens (tertiary/aromatic N) is 1. The number of hydrogen-bond acceptors (Lipinski definition) is 4. The third-order valence-corrected chi connectivity index (χ3v) is 4.77. The molecule has 96 valence electrons. The van der Waals surface area contributed by atoms with Gasteiger partial charge in [0.25, 0.3) is 0 Å². The summed E-state index contributed by atoms with van der Waals surface area (Å²) in [5.74, 6) is 5.87. The Morgan fingerprint density at radius 1 is 1.59 bits per heavy atom. The third kappa shape index (κ3) is 2.66. The minimum absolute atomic E-state index is 0.0670. The minimum Gasteiger partial charge on any atom is -0.481 e. The molecule has 7 heteroatoms. The van der Waals surface area contributed by atoms with Crippen LogP contribution in [0.4, 0.5) is 4.79 Å². The molecule has 0 saturated carbocycles. The number of aliphatic carboxylic acids is 1. The highest BCUT2D eigenvalue weighted by Gasteiger charge is 2.47. The van der Waals surface area contributed by atoms with E-state index in [1.807, 2.05) is 11.8 Å². The molecule has 0 spiro atoms. The van der Waals surface area contributed by atoms with Crippen LogP contribution in [0.5, 0.6) is 0 Å². The van der Waals surface area contributed by atoms with Gasteiger partial charge in [0, 0.05) is 17.4 Å². The smallest absolute Gasteiger partial charge is 0.332 e. The van der Waals surface area contributed by atoms with Gasteiger partial charge in [-0.25, -0.2) is 10.6 Å². The first-order valence-electron chi connectivity index (χ1n) is 5.77. The minimum atomic E-state index is -0.750. The van der Waals surface area contributed by atoms with Gasteiger partial charge in [-0.1, -0.05) is 6.42 Å². The number of hydrazine groups is 1. The van der Waals surface area contributed by atoms with Crippen LogP contribution in [0.2, 0.25) is 0 Å². The highest BCUT2D eigenvalue weighted by atomic mass is 32.2. The van der Waals surface area contributed by atoms with Gasteiger partial charge in [-0.05, 0) is 12.8 Å². The summed E-state index contributed by atoms with van der Waals surface area (Å²) < 4.78 is 0. The van der Waals surface area contributed by atoms with Gasteiger partial charge in [0.15, 0.2) is 0 Å². The summed E-state index contributed by atoms with van der Waals surface area (Å²) >= 11 is 1.82. The van der Waals surface area contributed by atoms with E-state index < -0.39 is 5.97 Å². The number of nitrogens with two attached hydrogens (primary N) is 1. The molecule has 0 aromatic carbocycles. The number of nitrogens with one attached hydrogen (secondary N) is 1. The van der Waals surface area contributed by atoms with Crippen LogP contribution >= 0.6 is 11.8 Å². The number of carboxylic acids is 1. The fraction of sp³-hybridized carbons (Fsp3) is 0.800. The molecular formula is C10H17N3O3S. The maximum absolute atomic E-state index is 11.4. The number of amides is 2. The maximum atomic E-state index is 11.4. The van der Waals surface area contributed by atoms with Crippen molar-refractivity contribution in [3.63, 3.8) is 0 Å². The van der Waals surface area contributed by atoms with E-state index in [4.69, 9.17) is 10.9 Å². The first-order chi connectivity index (χ1) is 8.09. The van der Waals surface area contributed by atoms with Gasteiger partial charge >= 0.3 is 12.0 Å². The van der Waals surface area contributed by atoms with Crippen molar-refractivity contribution in [2.24, 2.45) is 5.84 Å². The van der Waals surface area contributed by atoms with Gasteiger partial charge in [-0.2, -0.15) is 11.8 Å². The number of carbonyl (C=O) groups excluding carboxylic acids is 1. The fourth-order valence-electron chi connectivity index (χ4n) is 2.43. The molecule has 17 heavy (non-hydrogen) atoms. The molecule has 2 heterocycles. The summed E-state index contributed by atoms with van der Waals surface area (Å²) in [5.41, 5.74) is 0. The number of hydrogen-bond donors (Lipinski definition) is 3. The maximum Gasteiger partial charge on any atom is 0.332 e. The summed E-state index contributed by atoms with van der Waals surface area (Å²) in [6.45, 7) is 0. The molecule has 2 saturated heterocycles. The molecule has 2 aliphatic heterocycles. The van der Waals surface area contributed by atoms with E-state index >= 15 is 0 Å². The highest BCUT2D eigenvalue weighted by molar-refractivity contribution is 8.00. The van der Waals surface area contributed by atoms with Crippen molar-refractivity contribution in [1.29, 1.82) is 0 Å². The zero-order valence-corrected chi connectivity index (χ0v) is 10.3. The summed E-state index contributed by atoms with van der Waals surface area (Å²) in [6.07, 6.45) is 2.70. The molecule has 0 bridgehead atoms. The predicted octanol–water partition coefficient (Wildman–Crippen LogP) is 0.383. The van der Waals surface area contributed by atoms with Crippen LogP contribution in [0.3, 0.4) is 0 Å². The first-order valence-corrected chi connectivity index (χ1v) is 6.82. The van der Waals surface area contributed by atoms with Crippen molar-refractivity contribution in [2.75, 3.05) is 5.75 Å². The second-order valence-electron chi connectivity index (χ2n) is 4.47. The summed E-state index contributed by atoms with van der Waals surface area (Å²) in [6, 6.07) is 0.0233. The lowest BCUT2D eigenvalue weighted by Crippen LogP contribution is -2.45. The number of rotatable bonds is 5. The Balaban J connectivity index is 1.78. The Hall–Kier alpha value is -0.950.